The lowest BCUT2D eigenvalue weighted by Crippen LogP contribution is -2.48. The van der Waals surface area contributed by atoms with Gasteiger partial charge in [0.25, 0.3) is 0 Å². The summed E-state index contributed by atoms with van der Waals surface area (Å²) >= 11 is 0. The van der Waals surface area contributed by atoms with Gasteiger partial charge in [-0.2, -0.15) is 4.31 Å². The van der Waals surface area contributed by atoms with Crippen LogP contribution in [0.5, 0.6) is 0 Å². The highest BCUT2D eigenvalue weighted by Crippen LogP contribution is 2.27. The van der Waals surface area contributed by atoms with E-state index in [2.05, 4.69) is 10.2 Å². The third-order valence-electron chi connectivity index (χ3n) is 4.67. The normalized spacial score (nSPS) is 21.3. The number of nitrogens with zero attached hydrogens (tertiary/aromatic N) is 3. The number of benzene rings is 1. The molecule has 1 atom stereocenters. The van der Waals surface area contributed by atoms with E-state index < -0.39 is 22.3 Å². The summed E-state index contributed by atoms with van der Waals surface area (Å²) in [6.45, 7) is 4.00. The lowest BCUT2D eigenvalue weighted by Gasteiger charge is -2.35. The first-order valence-corrected chi connectivity index (χ1v) is 10.7. The molecule has 2 aliphatic heterocycles. The summed E-state index contributed by atoms with van der Waals surface area (Å²) in [5.74, 6) is -0.174. The third kappa shape index (κ3) is 4.51. The van der Waals surface area contributed by atoms with Gasteiger partial charge in [-0.05, 0) is 18.2 Å². The number of carbonyl (C=O) groups excluding carboxylic acids is 2. The maximum absolute atomic E-state index is 12.2. The molecule has 0 aromatic heterocycles. The van der Waals surface area contributed by atoms with Gasteiger partial charge >= 0.3 is 6.09 Å². The van der Waals surface area contributed by atoms with Crippen LogP contribution in [0.3, 0.4) is 0 Å². The highest BCUT2D eigenvalue weighted by atomic mass is 32.2. The van der Waals surface area contributed by atoms with Crippen molar-refractivity contribution < 1.29 is 22.7 Å². The van der Waals surface area contributed by atoms with E-state index in [0.29, 0.717) is 38.3 Å². The number of ether oxygens (including phenoxy) is 1. The van der Waals surface area contributed by atoms with Gasteiger partial charge in [-0.15, -0.1) is 0 Å². The zero-order valence-electron chi connectivity index (χ0n) is 15.4. The predicted octanol–water partition coefficient (Wildman–Crippen LogP) is 0.577. The summed E-state index contributed by atoms with van der Waals surface area (Å²) in [6.07, 6.45) is 0.376. The smallest absolute Gasteiger partial charge is 0.416 e. The van der Waals surface area contributed by atoms with Crippen molar-refractivity contribution in [3.05, 3.63) is 24.3 Å². The van der Waals surface area contributed by atoms with E-state index in [1.807, 2.05) is 24.3 Å². The largest absolute Gasteiger partial charge is 0.423 e. The van der Waals surface area contributed by atoms with Crippen LogP contribution >= 0.6 is 0 Å². The van der Waals surface area contributed by atoms with Crippen molar-refractivity contribution in [2.24, 2.45) is 0 Å². The first-order valence-electron chi connectivity index (χ1n) is 8.85. The number of piperazine rings is 1. The van der Waals surface area contributed by atoms with Crippen molar-refractivity contribution in [1.82, 2.24) is 9.62 Å². The first-order chi connectivity index (χ1) is 12.8. The Morgan fingerprint density at radius 3 is 2.52 bits per heavy atom. The Morgan fingerprint density at radius 2 is 1.89 bits per heavy atom. The summed E-state index contributed by atoms with van der Waals surface area (Å²) in [4.78, 5) is 27.2. The Hall–Kier alpha value is -2.33. The molecule has 10 heteroatoms. The molecule has 2 aliphatic rings. The highest BCUT2D eigenvalue weighted by Gasteiger charge is 2.33. The number of cyclic esters (lactones) is 1. The molecular formula is C17H24N4O5S. The van der Waals surface area contributed by atoms with Crippen LogP contribution in [0.25, 0.3) is 0 Å². The molecule has 0 spiro atoms. The van der Waals surface area contributed by atoms with E-state index >= 15 is 0 Å². The monoisotopic (exact) mass is 396 g/mol. The molecule has 2 saturated heterocycles. The summed E-state index contributed by atoms with van der Waals surface area (Å²) in [7, 11) is -3.18. The first kappa shape index (κ1) is 19.4. The molecule has 0 bridgehead atoms. The molecule has 3 rings (SSSR count). The summed E-state index contributed by atoms with van der Waals surface area (Å²) < 4.78 is 30.0. The summed E-state index contributed by atoms with van der Waals surface area (Å²) in [5, 5.41) is 2.66. The van der Waals surface area contributed by atoms with Crippen LogP contribution in [0, 0.1) is 0 Å². The molecule has 148 valence electrons. The Morgan fingerprint density at radius 1 is 1.22 bits per heavy atom. The van der Waals surface area contributed by atoms with E-state index in [9.17, 15) is 18.0 Å². The van der Waals surface area contributed by atoms with Crippen LogP contribution in [0.4, 0.5) is 16.2 Å². The number of hydrogen-bond donors (Lipinski definition) is 1. The second kappa shape index (κ2) is 7.73. The molecule has 1 aromatic carbocycles. The van der Waals surface area contributed by atoms with Gasteiger partial charge in [0.15, 0.2) is 6.23 Å². The maximum Gasteiger partial charge on any atom is 0.416 e. The Kier molecular flexibility index (Phi) is 5.56. The van der Waals surface area contributed by atoms with Gasteiger partial charge in [-0.3, -0.25) is 9.69 Å². The van der Waals surface area contributed by atoms with Crippen molar-refractivity contribution in [3.8, 4) is 0 Å². The molecule has 9 nitrogen and oxygen atoms in total. The van der Waals surface area contributed by atoms with E-state index in [1.165, 1.54) is 15.5 Å². The minimum atomic E-state index is -3.18. The molecule has 1 aromatic rings. The van der Waals surface area contributed by atoms with E-state index in [0.717, 1.165) is 5.69 Å². The van der Waals surface area contributed by atoms with Gasteiger partial charge in [0, 0.05) is 44.0 Å². The molecule has 2 heterocycles. The number of amides is 2. The Labute approximate surface area is 158 Å². The molecule has 0 unspecified atom stereocenters. The minimum absolute atomic E-state index is 0.174. The molecule has 0 aliphatic carbocycles. The fraction of sp³-hybridized carbons (Fsp3) is 0.529. The van der Waals surface area contributed by atoms with E-state index in [4.69, 9.17) is 4.74 Å². The molecule has 2 amide bonds. The van der Waals surface area contributed by atoms with Gasteiger partial charge in [-0.25, -0.2) is 13.2 Å². The number of nitrogens with one attached hydrogen (secondary N) is 1. The Balaban J connectivity index is 1.68. The molecular weight excluding hydrogens is 372 g/mol. The fourth-order valence-electron chi connectivity index (χ4n) is 3.17. The average molecular weight is 396 g/mol. The summed E-state index contributed by atoms with van der Waals surface area (Å²) in [6, 6.07) is 7.46. The van der Waals surface area contributed by atoms with Crippen LogP contribution in [-0.2, 0) is 19.6 Å². The topological polar surface area (TPSA) is 99.3 Å². The number of carbonyl (C=O) groups is 2. The van der Waals surface area contributed by atoms with Crippen molar-refractivity contribution in [1.29, 1.82) is 0 Å². The van der Waals surface area contributed by atoms with Crippen LogP contribution in [-0.4, -0.2) is 69.9 Å². The zero-order chi connectivity index (χ0) is 19.6. The molecule has 0 saturated carbocycles. The average Bonchev–Trinajstić information content (AvgIpc) is 3.01. The van der Waals surface area contributed by atoms with Gasteiger partial charge in [0.05, 0.1) is 12.8 Å². The molecule has 1 N–H and O–H groups in total. The number of sulfonamides is 1. The number of rotatable bonds is 5. The fourth-order valence-corrected chi connectivity index (χ4v) is 3.99. The highest BCUT2D eigenvalue weighted by molar-refractivity contribution is 7.88. The second-order valence-corrected chi connectivity index (χ2v) is 8.56. The maximum atomic E-state index is 12.2. The van der Waals surface area contributed by atoms with E-state index in [-0.39, 0.29) is 12.5 Å². The quantitative estimate of drug-likeness (QED) is 0.782. The van der Waals surface area contributed by atoms with E-state index in [1.54, 1.807) is 6.92 Å². The van der Waals surface area contributed by atoms with Crippen molar-refractivity contribution in [2.45, 2.75) is 19.6 Å². The number of anilines is 2. The van der Waals surface area contributed by atoms with Crippen LogP contribution in [0.15, 0.2) is 24.3 Å². The van der Waals surface area contributed by atoms with Gasteiger partial charge in [-0.1, -0.05) is 13.0 Å². The van der Waals surface area contributed by atoms with Crippen molar-refractivity contribution >= 4 is 33.4 Å². The SMILES string of the molecule is CCC(=O)N[C@@H]1CN(c2cccc(N3CCN(S(C)(=O)=O)CC3)c2)C(=O)O1. The summed E-state index contributed by atoms with van der Waals surface area (Å²) in [5.41, 5.74) is 1.59. The van der Waals surface area contributed by atoms with Crippen molar-refractivity contribution in [3.63, 3.8) is 0 Å². The van der Waals surface area contributed by atoms with Gasteiger partial charge in [0.2, 0.25) is 15.9 Å². The molecule has 2 fully saturated rings. The lowest BCUT2D eigenvalue weighted by atomic mass is 10.2. The second-order valence-electron chi connectivity index (χ2n) is 6.57. The lowest BCUT2D eigenvalue weighted by molar-refractivity contribution is -0.123. The van der Waals surface area contributed by atoms with Crippen molar-refractivity contribution in [2.75, 3.05) is 48.8 Å². The molecule has 0 radical (unpaired) electrons. The van der Waals surface area contributed by atoms with Crippen LogP contribution < -0.4 is 15.1 Å². The minimum Gasteiger partial charge on any atom is -0.423 e. The Bertz CT molecular complexity index is 820. The van der Waals surface area contributed by atoms with Crippen LogP contribution in [0.2, 0.25) is 0 Å². The number of hydrogen-bond acceptors (Lipinski definition) is 6. The van der Waals surface area contributed by atoms with Gasteiger partial charge < -0.3 is 15.0 Å². The van der Waals surface area contributed by atoms with Crippen LogP contribution in [0.1, 0.15) is 13.3 Å². The molecule has 27 heavy (non-hydrogen) atoms. The predicted molar refractivity (Wildman–Crippen MR) is 101 cm³/mol. The zero-order valence-corrected chi connectivity index (χ0v) is 16.2. The standard InChI is InChI=1S/C17H24N4O5S/c1-3-15(22)18-16-12-21(17(23)26-16)14-6-4-5-13(11-14)19-7-9-20(10-8-19)27(2,24)25/h4-6,11,16H,3,7-10,12H2,1-2H3,(H,18,22)/t16-/m0/s1. The third-order valence-corrected chi connectivity index (χ3v) is 5.97. The van der Waals surface area contributed by atoms with Gasteiger partial charge in [0.1, 0.15) is 0 Å².